The summed E-state index contributed by atoms with van der Waals surface area (Å²) in [4.78, 5) is 16.0. The topological polar surface area (TPSA) is 43.2 Å². The molecule has 0 saturated carbocycles. The highest BCUT2D eigenvalue weighted by molar-refractivity contribution is 5.78. The first-order chi connectivity index (χ1) is 11.6. The number of likely N-dealkylation sites (tertiary alicyclic amines) is 1. The molecule has 1 aromatic carbocycles. The van der Waals surface area contributed by atoms with Gasteiger partial charge in [-0.15, -0.1) is 0 Å². The Hall–Kier alpha value is -1.75. The summed E-state index contributed by atoms with van der Waals surface area (Å²) in [7, 11) is 3.32. The standard InChI is InChI=1S/C19H30N2O3/c1-5-21(6-2)19(22)16-9-11-20(12-10-16)14-15-7-8-17(23-3)18(13-15)24-4/h7-8,13,16H,5-6,9-12,14H2,1-4H3/p+1. The summed E-state index contributed by atoms with van der Waals surface area (Å²) in [5, 5.41) is 0. The van der Waals surface area contributed by atoms with Crippen LogP contribution in [0.25, 0.3) is 0 Å². The number of hydrogen-bond acceptors (Lipinski definition) is 3. The second-order valence-electron chi connectivity index (χ2n) is 6.40. The Bertz CT molecular complexity index is 535. The molecule has 0 aliphatic carbocycles. The van der Waals surface area contributed by atoms with Crippen molar-refractivity contribution in [2.24, 2.45) is 5.92 Å². The Morgan fingerprint density at radius 3 is 2.29 bits per heavy atom. The maximum atomic E-state index is 12.5. The third-order valence-corrected chi connectivity index (χ3v) is 5.02. The smallest absolute Gasteiger partial charge is 0.226 e. The Kier molecular flexibility index (Phi) is 6.91. The minimum atomic E-state index is 0.207. The minimum absolute atomic E-state index is 0.207. The molecular weight excluding hydrogens is 304 g/mol. The summed E-state index contributed by atoms with van der Waals surface area (Å²) in [6.45, 7) is 8.80. The number of nitrogens with zero attached hydrogens (tertiary/aromatic N) is 1. The maximum Gasteiger partial charge on any atom is 0.226 e. The number of carbonyl (C=O) groups excluding carboxylic acids is 1. The van der Waals surface area contributed by atoms with Gasteiger partial charge in [0.15, 0.2) is 11.5 Å². The van der Waals surface area contributed by atoms with Gasteiger partial charge in [-0.1, -0.05) is 0 Å². The van der Waals surface area contributed by atoms with Crippen molar-refractivity contribution in [2.75, 3.05) is 40.4 Å². The average molecular weight is 335 g/mol. The van der Waals surface area contributed by atoms with E-state index in [4.69, 9.17) is 9.47 Å². The van der Waals surface area contributed by atoms with E-state index in [1.54, 1.807) is 14.2 Å². The number of piperidine rings is 1. The van der Waals surface area contributed by atoms with Crippen LogP contribution in [-0.2, 0) is 11.3 Å². The molecule has 134 valence electrons. The van der Waals surface area contributed by atoms with Crippen molar-refractivity contribution in [1.29, 1.82) is 0 Å². The van der Waals surface area contributed by atoms with Crippen LogP contribution in [0.1, 0.15) is 32.3 Å². The van der Waals surface area contributed by atoms with Crippen molar-refractivity contribution in [3.8, 4) is 11.5 Å². The number of rotatable bonds is 7. The zero-order valence-corrected chi connectivity index (χ0v) is 15.4. The molecule has 1 aromatic rings. The lowest BCUT2D eigenvalue weighted by Gasteiger charge is -2.31. The molecule has 2 rings (SSSR count). The van der Waals surface area contributed by atoms with Gasteiger partial charge in [0.2, 0.25) is 5.91 Å². The van der Waals surface area contributed by atoms with E-state index in [0.717, 1.165) is 57.1 Å². The summed E-state index contributed by atoms with van der Waals surface area (Å²) in [5.74, 6) is 2.09. The molecule has 0 spiro atoms. The molecule has 1 amide bonds. The second kappa shape index (κ2) is 8.92. The summed E-state index contributed by atoms with van der Waals surface area (Å²) in [6.07, 6.45) is 1.97. The molecule has 0 atom stereocenters. The van der Waals surface area contributed by atoms with Crippen LogP contribution < -0.4 is 14.4 Å². The lowest BCUT2D eigenvalue weighted by atomic mass is 9.95. The molecule has 1 aliphatic heterocycles. The SMILES string of the molecule is CCN(CC)C(=O)C1CC[NH+](Cc2ccc(OC)c(OC)c2)CC1. The van der Waals surface area contributed by atoms with Crippen molar-refractivity contribution >= 4 is 5.91 Å². The lowest BCUT2D eigenvalue weighted by molar-refractivity contribution is -0.919. The van der Waals surface area contributed by atoms with Gasteiger partial charge >= 0.3 is 0 Å². The molecule has 0 unspecified atom stereocenters. The van der Waals surface area contributed by atoms with E-state index in [2.05, 4.69) is 26.0 Å². The molecule has 1 heterocycles. The summed E-state index contributed by atoms with van der Waals surface area (Å²) >= 11 is 0. The van der Waals surface area contributed by atoms with E-state index in [9.17, 15) is 4.79 Å². The first-order valence-corrected chi connectivity index (χ1v) is 8.96. The van der Waals surface area contributed by atoms with Crippen LogP contribution in [-0.4, -0.2) is 51.2 Å². The maximum absolute atomic E-state index is 12.5. The molecule has 0 radical (unpaired) electrons. The number of benzene rings is 1. The highest BCUT2D eigenvalue weighted by atomic mass is 16.5. The van der Waals surface area contributed by atoms with Crippen LogP contribution in [0.3, 0.4) is 0 Å². The number of carbonyl (C=O) groups is 1. The minimum Gasteiger partial charge on any atom is -0.493 e. The van der Waals surface area contributed by atoms with E-state index in [0.29, 0.717) is 5.91 Å². The Balaban J connectivity index is 1.90. The average Bonchev–Trinajstić information content (AvgIpc) is 2.63. The molecule has 5 heteroatoms. The third-order valence-electron chi connectivity index (χ3n) is 5.02. The fourth-order valence-electron chi connectivity index (χ4n) is 3.52. The molecular formula is C19H31N2O3+. The van der Waals surface area contributed by atoms with E-state index in [1.165, 1.54) is 10.5 Å². The molecule has 1 fully saturated rings. The van der Waals surface area contributed by atoms with Crippen LogP contribution in [0.5, 0.6) is 11.5 Å². The van der Waals surface area contributed by atoms with Gasteiger partial charge < -0.3 is 19.3 Å². The van der Waals surface area contributed by atoms with E-state index < -0.39 is 0 Å². The molecule has 1 aliphatic rings. The third kappa shape index (κ3) is 4.41. The first kappa shape index (κ1) is 18.6. The van der Waals surface area contributed by atoms with Crippen LogP contribution in [0, 0.1) is 5.92 Å². The van der Waals surface area contributed by atoms with E-state index in [-0.39, 0.29) is 5.92 Å². The quantitative estimate of drug-likeness (QED) is 0.818. The van der Waals surface area contributed by atoms with Crippen LogP contribution in [0.4, 0.5) is 0 Å². The van der Waals surface area contributed by atoms with Crippen molar-refractivity contribution in [1.82, 2.24) is 4.90 Å². The molecule has 1 saturated heterocycles. The summed E-state index contributed by atoms with van der Waals surface area (Å²) < 4.78 is 10.7. The van der Waals surface area contributed by atoms with Crippen molar-refractivity contribution in [3.05, 3.63) is 23.8 Å². The predicted molar refractivity (Wildman–Crippen MR) is 94.6 cm³/mol. The summed E-state index contributed by atoms with van der Waals surface area (Å²) in [5.41, 5.74) is 1.25. The molecule has 24 heavy (non-hydrogen) atoms. The fraction of sp³-hybridized carbons (Fsp3) is 0.632. The van der Waals surface area contributed by atoms with Gasteiger partial charge in [0.25, 0.3) is 0 Å². The first-order valence-electron chi connectivity index (χ1n) is 8.96. The second-order valence-corrected chi connectivity index (χ2v) is 6.40. The number of amides is 1. The Morgan fingerprint density at radius 2 is 1.75 bits per heavy atom. The lowest BCUT2D eigenvalue weighted by Crippen LogP contribution is -3.11. The van der Waals surface area contributed by atoms with Crippen molar-refractivity contribution in [3.63, 3.8) is 0 Å². The largest absolute Gasteiger partial charge is 0.493 e. The highest BCUT2D eigenvalue weighted by Gasteiger charge is 2.29. The van der Waals surface area contributed by atoms with Gasteiger partial charge in [-0.25, -0.2) is 0 Å². The van der Waals surface area contributed by atoms with Gasteiger partial charge in [-0.05, 0) is 32.0 Å². The molecule has 1 N–H and O–H groups in total. The van der Waals surface area contributed by atoms with Gasteiger partial charge in [0.1, 0.15) is 6.54 Å². The molecule has 5 nitrogen and oxygen atoms in total. The summed E-state index contributed by atoms with van der Waals surface area (Å²) in [6, 6.07) is 6.12. The van der Waals surface area contributed by atoms with Gasteiger partial charge in [-0.2, -0.15) is 0 Å². The van der Waals surface area contributed by atoms with Crippen molar-refractivity contribution in [2.45, 2.75) is 33.2 Å². The molecule has 0 aromatic heterocycles. The molecule has 0 bridgehead atoms. The zero-order valence-electron chi connectivity index (χ0n) is 15.4. The Labute approximate surface area is 145 Å². The Morgan fingerprint density at radius 1 is 1.12 bits per heavy atom. The highest BCUT2D eigenvalue weighted by Crippen LogP contribution is 2.27. The number of quaternary nitrogens is 1. The van der Waals surface area contributed by atoms with Crippen LogP contribution >= 0.6 is 0 Å². The van der Waals surface area contributed by atoms with Gasteiger partial charge in [-0.3, -0.25) is 4.79 Å². The van der Waals surface area contributed by atoms with E-state index in [1.807, 2.05) is 11.0 Å². The fourth-order valence-corrected chi connectivity index (χ4v) is 3.52. The predicted octanol–water partition coefficient (Wildman–Crippen LogP) is 1.37. The van der Waals surface area contributed by atoms with Crippen molar-refractivity contribution < 1.29 is 19.2 Å². The van der Waals surface area contributed by atoms with E-state index >= 15 is 0 Å². The number of ether oxygens (including phenoxy) is 2. The van der Waals surface area contributed by atoms with Gasteiger partial charge in [0.05, 0.1) is 27.3 Å². The monoisotopic (exact) mass is 335 g/mol. The number of methoxy groups -OCH3 is 2. The zero-order chi connectivity index (χ0) is 17.5. The number of nitrogens with one attached hydrogen (secondary N) is 1. The van der Waals surface area contributed by atoms with Crippen LogP contribution in [0.2, 0.25) is 0 Å². The van der Waals surface area contributed by atoms with Gasteiger partial charge in [0, 0.05) is 37.4 Å². The van der Waals surface area contributed by atoms with Crippen LogP contribution in [0.15, 0.2) is 18.2 Å². The number of hydrogen-bond donors (Lipinski definition) is 1. The normalized spacial score (nSPS) is 20.5.